The van der Waals surface area contributed by atoms with Gasteiger partial charge in [0, 0.05) is 18.7 Å². The fraction of sp³-hybridized carbons (Fsp3) is 0.568. The molecule has 1 saturated heterocycles. The Bertz CT molecular complexity index is 1450. The number of carbonyl (C=O) groups excluding carboxylic acids is 4. The number of nitro groups is 1. The molecule has 2 fully saturated rings. The number of rotatable bonds is 18. The second-order valence-corrected chi connectivity index (χ2v) is 13.6. The molecule has 1 saturated carbocycles. The van der Waals surface area contributed by atoms with Crippen LogP contribution in [0, 0.1) is 16.0 Å². The van der Waals surface area contributed by atoms with Crippen LogP contribution in [0.4, 0.5) is 5.69 Å². The van der Waals surface area contributed by atoms with Crippen LogP contribution in [0.25, 0.3) is 0 Å². The zero-order valence-electron chi connectivity index (χ0n) is 29.1. The quantitative estimate of drug-likeness (QED) is 0.0885. The third-order valence-electron chi connectivity index (χ3n) is 10.0. The van der Waals surface area contributed by atoms with E-state index in [2.05, 4.69) is 16.0 Å². The molecule has 1 heterocycles. The minimum Gasteiger partial charge on any atom is -0.343 e. The van der Waals surface area contributed by atoms with Crippen LogP contribution in [0.5, 0.6) is 0 Å². The van der Waals surface area contributed by atoms with Crippen molar-refractivity contribution >= 4 is 29.2 Å². The van der Waals surface area contributed by atoms with Crippen molar-refractivity contribution in [3.05, 3.63) is 75.8 Å². The number of nitrogens with zero attached hydrogens (tertiary/aromatic N) is 2. The lowest BCUT2D eigenvalue weighted by molar-refractivity contribution is -0.384. The minimum absolute atomic E-state index is 0.224. The number of nitrogens with one attached hydrogen (secondary N) is 3. The molecule has 3 amide bonds. The van der Waals surface area contributed by atoms with Crippen molar-refractivity contribution in [1.82, 2.24) is 20.9 Å². The molecule has 2 aliphatic rings. The van der Waals surface area contributed by atoms with Gasteiger partial charge in [0.25, 0.3) is 5.69 Å². The number of Topliss-reactive ketones (excluding diaryl/α,β-unsaturated/α-hetero) is 1. The summed E-state index contributed by atoms with van der Waals surface area (Å²) in [5.74, 6) is -1.38. The van der Waals surface area contributed by atoms with E-state index >= 15 is 0 Å². The Morgan fingerprint density at radius 1 is 0.920 bits per heavy atom. The van der Waals surface area contributed by atoms with Crippen LogP contribution >= 0.6 is 0 Å². The van der Waals surface area contributed by atoms with Gasteiger partial charge < -0.3 is 32.3 Å². The van der Waals surface area contributed by atoms with E-state index in [0.717, 1.165) is 31.2 Å². The molecule has 5 atom stereocenters. The number of hydrogen-bond donors (Lipinski definition) is 5. The van der Waals surface area contributed by atoms with Crippen LogP contribution < -0.4 is 27.4 Å². The predicted octanol–water partition coefficient (Wildman–Crippen LogP) is 3.05. The molecule has 1 aliphatic heterocycles. The van der Waals surface area contributed by atoms with Crippen LogP contribution in [0.3, 0.4) is 0 Å². The van der Waals surface area contributed by atoms with Crippen molar-refractivity contribution in [2.45, 2.75) is 107 Å². The van der Waals surface area contributed by atoms with Gasteiger partial charge in [0.05, 0.1) is 23.0 Å². The van der Waals surface area contributed by atoms with Gasteiger partial charge in [-0.1, -0.05) is 74.6 Å². The van der Waals surface area contributed by atoms with E-state index in [1.165, 1.54) is 29.5 Å². The summed E-state index contributed by atoms with van der Waals surface area (Å²) in [5.41, 5.74) is 13.1. The Morgan fingerprint density at radius 2 is 1.66 bits per heavy atom. The van der Waals surface area contributed by atoms with Crippen molar-refractivity contribution in [2.24, 2.45) is 17.4 Å². The fourth-order valence-electron chi connectivity index (χ4n) is 7.19. The smallest absolute Gasteiger partial charge is 0.269 e. The zero-order chi connectivity index (χ0) is 36.0. The Labute approximate surface area is 294 Å². The van der Waals surface area contributed by atoms with E-state index in [9.17, 15) is 29.3 Å². The lowest BCUT2D eigenvalue weighted by Gasteiger charge is -2.32. The molecule has 0 spiro atoms. The number of hydrogen-bond acceptors (Lipinski definition) is 9. The summed E-state index contributed by atoms with van der Waals surface area (Å²) < 4.78 is 0. The van der Waals surface area contributed by atoms with E-state index in [1.807, 2.05) is 30.3 Å². The van der Waals surface area contributed by atoms with Crippen LogP contribution in [0.2, 0.25) is 0 Å². The molecule has 13 nitrogen and oxygen atoms in total. The van der Waals surface area contributed by atoms with Crippen molar-refractivity contribution in [1.29, 1.82) is 0 Å². The molecule has 0 radical (unpaired) electrons. The molecule has 4 rings (SSSR count). The molecule has 1 aliphatic carbocycles. The first-order chi connectivity index (χ1) is 24.1. The lowest BCUT2D eigenvalue weighted by atomic mass is 9.84. The number of ketones is 1. The Morgan fingerprint density at radius 3 is 2.34 bits per heavy atom. The molecule has 0 aromatic heterocycles. The third kappa shape index (κ3) is 10.6. The molecule has 2 aromatic rings. The first-order valence-electron chi connectivity index (χ1n) is 18.0. The van der Waals surface area contributed by atoms with Gasteiger partial charge in [-0.15, -0.1) is 0 Å². The number of nitrogens with two attached hydrogens (primary N) is 2. The maximum absolute atomic E-state index is 14.4. The molecule has 50 heavy (non-hydrogen) atoms. The second-order valence-electron chi connectivity index (χ2n) is 13.6. The Kier molecular flexibility index (Phi) is 14.9. The van der Waals surface area contributed by atoms with E-state index in [1.54, 1.807) is 13.1 Å². The van der Waals surface area contributed by atoms with Crippen LogP contribution in [0.15, 0.2) is 54.6 Å². The molecule has 1 unspecified atom stereocenters. The highest BCUT2D eigenvalue weighted by molar-refractivity contribution is 5.98. The first-order valence-corrected chi connectivity index (χ1v) is 18.0. The highest BCUT2D eigenvalue weighted by atomic mass is 16.6. The largest absolute Gasteiger partial charge is 0.343 e. The summed E-state index contributed by atoms with van der Waals surface area (Å²) in [6.45, 7) is 0.717. The number of likely N-dealkylation sites (N-methyl/N-ethyl adjacent to an activating group) is 1. The SMILES string of the molecule is CN[C@@H](Cc1ccccc1)C(=O)N[C@@H](CCCCN)C(=O)N1CCC[C@H]1C(=O)C(NC(=O)[C@H](N)CC1CCCCC1)c1cccc([N+](=O)[O-])c1. The number of likely N-dealkylation sites (tertiary alicyclic amines) is 1. The summed E-state index contributed by atoms with van der Waals surface area (Å²) in [4.78, 5) is 68.2. The number of carbonyl (C=O) groups is 4. The molecule has 7 N–H and O–H groups in total. The Hall–Kier alpha value is -4.20. The van der Waals surface area contributed by atoms with Gasteiger partial charge in [-0.05, 0) is 75.6 Å². The van der Waals surface area contributed by atoms with Crippen molar-refractivity contribution in [3.63, 3.8) is 0 Å². The summed E-state index contributed by atoms with van der Waals surface area (Å²) in [5, 5.41) is 20.5. The maximum Gasteiger partial charge on any atom is 0.269 e. The van der Waals surface area contributed by atoms with Crippen LogP contribution in [-0.2, 0) is 25.6 Å². The molecular weight excluding hydrogens is 638 g/mol. The van der Waals surface area contributed by atoms with Crippen molar-refractivity contribution < 1.29 is 24.1 Å². The average molecular weight is 692 g/mol. The third-order valence-corrected chi connectivity index (χ3v) is 10.0. The van der Waals surface area contributed by atoms with Crippen molar-refractivity contribution in [3.8, 4) is 0 Å². The minimum atomic E-state index is -1.26. The van der Waals surface area contributed by atoms with Gasteiger partial charge in [0.2, 0.25) is 17.7 Å². The van der Waals surface area contributed by atoms with Crippen LogP contribution in [0.1, 0.15) is 87.8 Å². The van der Waals surface area contributed by atoms with Gasteiger partial charge >= 0.3 is 0 Å². The fourth-order valence-corrected chi connectivity index (χ4v) is 7.19. The molecule has 2 aromatic carbocycles. The monoisotopic (exact) mass is 691 g/mol. The first kappa shape index (κ1) is 38.6. The van der Waals surface area contributed by atoms with Crippen molar-refractivity contribution in [2.75, 3.05) is 20.1 Å². The van der Waals surface area contributed by atoms with Crippen LogP contribution in [-0.4, -0.2) is 77.6 Å². The van der Waals surface area contributed by atoms with E-state index in [4.69, 9.17) is 11.5 Å². The number of unbranched alkanes of at least 4 members (excludes halogenated alkanes) is 1. The zero-order valence-corrected chi connectivity index (χ0v) is 29.1. The van der Waals surface area contributed by atoms with E-state index in [-0.39, 0.29) is 29.6 Å². The molecule has 272 valence electrons. The lowest BCUT2D eigenvalue weighted by Crippen LogP contribution is -2.56. The highest BCUT2D eigenvalue weighted by Gasteiger charge is 2.41. The Balaban J connectivity index is 1.55. The summed E-state index contributed by atoms with van der Waals surface area (Å²) in [6, 6.07) is 10.7. The standard InChI is InChI=1S/C37H53N7O6/c1-40-31(23-26-14-6-3-7-15-26)36(47)41-30(18-8-9-20-38)37(48)43-21-11-19-32(43)34(45)33(27-16-10-17-28(24-27)44(49)50)42-35(46)29(39)22-25-12-4-2-5-13-25/h3,6-7,10,14-17,24-25,29-33,40H,2,4-5,8-9,11-13,18-23,38-39H2,1H3,(H,41,47)(H,42,46)/t29-,30+,31+,32+,33?/m1/s1. The highest BCUT2D eigenvalue weighted by Crippen LogP contribution is 2.30. The summed E-state index contributed by atoms with van der Waals surface area (Å²) >= 11 is 0. The van der Waals surface area contributed by atoms with Gasteiger partial charge in [0.15, 0.2) is 5.78 Å². The van der Waals surface area contributed by atoms with Gasteiger partial charge in [-0.2, -0.15) is 0 Å². The number of non-ortho nitro benzene ring substituents is 1. The number of benzene rings is 2. The average Bonchev–Trinajstić information content (AvgIpc) is 3.63. The normalized spacial score (nSPS) is 18.9. The molecular formula is C37H53N7O6. The van der Waals surface area contributed by atoms with Gasteiger partial charge in [-0.3, -0.25) is 29.3 Å². The predicted molar refractivity (Wildman–Crippen MR) is 191 cm³/mol. The molecule has 0 bridgehead atoms. The molecule has 13 heteroatoms. The number of nitro benzene ring substituents is 1. The maximum atomic E-state index is 14.4. The number of amides is 3. The van der Waals surface area contributed by atoms with Gasteiger partial charge in [-0.25, -0.2) is 0 Å². The van der Waals surface area contributed by atoms with E-state index < -0.39 is 46.8 Å². The van der Waals surface area contributed by atoms with Gasteiger partial charge in [0.1, 0.15) is 12.1 Å². The summed E-state index contributed by atoms with van der Waals surface area (Å²) in [7, 11) is 1.69. The topological polar surface area (TPSA) is 203 Å². The second kappa shape index (κ2) is 19.3. The van der Waals surface area contributed by atoms with E-state index in [0.29, 0.717) is 57.4 Å². The summed E-state index contributed by atoms with van der Waals surface area (Å²) in [6.07, 6.45) is 8.72.